The van der Waals surface area contributed by atoms with Gasteiger partial charge >= 0.3 is 72.0 Å². The van der Waals surface area contributed by atoms with Crippen molar-refractivity contribution < 1.29 is 0 Å². The molecule has 0 spiro atoms. The Morgan fingerprint density at radius 1 is 1.60 bits per heavy atom. The van der Waals surface area contributed by atoms with Crippen LogP contribution in [0.1, 0.15) is 0 Å². The Balaban J connectivity index is 2.26. The second-order valence-electron chi connectivity index (χ2n) is 2.33. The van der Waals surface area contributed by atoms with Gasteiger partial charge in [-0.2, -0.15) is 0 Å². The standard InChI is InChI=1S/C8H7B.Sb/c1-2-3-4-8-5-6-9-7-8;/h2-3,5H,1,6H2;. The predicted octanol–water partition coefficient (Wildman–Crippen LogP) is 0.593. The van der Waals surface area contributed by atoms with E-state index in [1.165, 1.54) is 9.94 Å². The van der Waals surface area contributed by atoms with Crippen LogP contribution >= 0.6 is 0 Å². The molecule has 2 aliphatic heterocycles. The molecule has 10 heavy (non-hydrogen) atoms. The summed E-state index contributed by atoms with van der Waals surface area (Å²) in [6, 6.07) is 0. The molecule has 0 saturated heterocycles. The molecule has 2 rings (SSSR count). The summed E-state index contributed by atoms with van der Waals surface area (Å²) in [5, 5.41) is 0. The molecule has 0 bridgehead atoms. The Kier molecular flexibility index (Phi) is 2.04. The van der Waals surface area contributed by atoms with Gasteiger partial charge in [0.1, 0.15) is 0 Å². The molecule has 0 nitrogen and oxygen atoms in total. The second-order valence-corrected chi connectivity index (χ2v) is 5.65. The van der Waals surface area contributed by atoms with Crippen molar-refractivity contribution >= 4 is 37.5 Å². The average Bonchev–Trinajstić information content (AvgIpc) is 2.59. The first-order valence-electron chi connectivity index (χ1n) is 3.46. The molecule has 1 radical (unpaired) electrons. The van der Waals surface area contributed by atoms with Crippen LogP contribution in [-0.2, 0) is 0 Å². The van der Waals surface area contributed by atoms with Gasteiger partial charge in [-0.05, 0) is 0 Å². The maximum atomic E-state index is 3.28. The molecule has 0 aliphatic carbocycles. The van der Waals surface area contributed by atoms with Gasteiger partial charge < -0.3 is 0 Å². The summed E-state index contributed by atoms with van der Waals surface area (Å²) >= 11 is -0.00805. The SMILES string of the molecule is B1=[C]C([C]2=[Sb][CH2]C=C2)=CC1. The summed E-state index contributed by atoms with van der Waals surface area (Å²) in [6.07, 6.45) is 7.96. The van der Waals surface area contributed by atoms with Crippen molar-refractivity contribution in [3.63, 3.8) is 0 Å². The molecular formula is C8H7BSb. The van der Waals surface area contributed by atoms with Crippen LogP contribution in [0.15, 0.2) is 23.8 Å². The minimum atomic E-state index is -0.00805. The van der Waals surface area contributed by atoms with Crippen LogP contribution in [0.3, 0.4) is 0 Å². The van der Waals surface area contributed by atoms with E-state index in [-0.39, 0.29) is 21.1 Å². The van der Waals surface area contributed by atoms with Crippen LogP contribution < -0.4 is 0 Å². The number of hydrogen-bond acceptors (Lipinski definition) is 0. The van der Waals surface area contributed by atoms with Crippen LogP contribution in [0.5, 0.6) is 0 Å². The molecule has 0 amide bonds. The molecule has 0 saturated carbocycles. The van der Waals surface area contributed by atoms with E-state index in [0.29, 0.717) is 0 Å². The molecule has 47 valence electrons. The van der Waals surface area contributed by atoms with Crippen molar-refractivity contribution in [1.82, 2.24) is 0 Å². The van der Waals surface area contributed by atoms with Crippen LogP contribution in [0.25, 0.3) is 0 Å². The Hall–Kier alpha value is 0.103. The first-order chi connectivity index (χ1) is 4.97. The van der Waals surface area contributed by atoms with E-state index in [1.807, 2.05) is 0 Å². The molecular weight excluding hydrogens is 229 g/mol. The van der Waals surface area contributed by atoms with Crippen molar-refractivity contribution in [3.8, 4) is 0 Å². The van der Waals surface area contributed by atoms with Crippen molar-refractivity contribution in [2.24, 2.45) is 0 Å². The molecule has 0 fully saturated rings. The van der Waals surface area contributed by atoms with Gasteiger partial charge in [-0.1, -0.05) is 0 Å². The number of hydrogen-bond donors (Lipinski definition) is 0. The second kappa shape index (κ2) is 3.01. The van der Waals surface area contributed by atoms with Gasteiger partial charge in [0.2, 0.25) is 0 Å². The van der Waals surface area contributed by atoms with Gasteiger partial charge in [0.15, 0.2) is 0 Å². The van der Waals surface area contributed by atoms with Crippen LogP contribution in [0.2, 0.25) is 10.7 Å². The van der Waals surface area contributed by atoms with Crippen molar-refractivity contribution in [2.75, 3.05) is 0 Å². The third-order valence-corrected chi connectivity index (χ3v) is 4.82. The van der Waals surface area contributed by atoms with Crippen LogP contribution in [0.4, 0.5) is 0 Å². The molecule has 2 aliphatic rings. The first-order valence-corrected chi connectivity index (χ1v) is 6.55. The van der Waals surface area contributed by atoms with Gasteiger partial charge in [0, 0.05) is 0 Å². The summed E-state index contributed by atoms with van der Waals surface area (Å²) in [4.78, 5) is 0. The summed E-state index contributed by atoms with van der Waals surface area (Å²) in [6.45, 7) is 2.12. The van der Waals surface area contributed by atoms with E-state index in [1.54, 1.807) is 3.45 Å². The topological polar surface area (TPSA) is 0 Å². The average molecular weight is 236 g/mol. The third kappa shape index (κ3) is 1.25. The van der Waals surface area contributed by atoms with Crippen LogP contribution in [0, 0.1) is 0 Å². The Morgan fingerprint density at radius 3 is 3.20 bits per heavy atom. The maximum absolute atomic E-state index is 3.28. The summed E-state index contributed by atoms with van der Waals surface area (Å²) in [7, 11) is 0. The molecule has 0 N–H and O–H groups in total. The Morgan fingerprint density at radius 2 is 2.60 bits per heavy atom. The zero-order chi connectivity index (χ0) is 6.81. The van der Waals surface area contributed by atoms with Gasteiger partial charge in [0.05, 0.1) is 0 Å². The zero-order valence-electron chi connectivity index (χ0n) is 5.67. The molecule has 0 unspecified atom stereocenters. The Bertz CT molecular complexity index is 230. The zero-order valence-corrected chi connectivity index (χ0v) is 8.22. The quantitative estimate of drug-likeness (QED) is 0.584. The monoisotopic (exact) mass is 235 g/mol. The predicted molar refractivity (Wildman–Crippen MR) is 48.4 cm³/mol. The fraction of sp³-hybridized carbons (Fsp3) is 0.250. The Labute approximate surface area is 71.9 Å². The van der Waals surface area contributed by atoms with Gasteiger partial charge in [-0.15, -0.1) is 0 Å². The molecule has 0 atom stereocenters. The summed E-state index contributed by atoms with van der Waals surface area (Å²) in [5.74, 6) is 3.28. The summed E-state index contributed by atoms with van der Waals surface area (Å²) in [5.41, 5.74) is 1.39. The van der Waals surface area contributed by atoms with Crippen molar-refractivity contribution in [3.05, 3.63) is 23.8 Å². The van der Waals surface area contributed by atoms with Gasteiger partial charge in [0.25, 0.3) is 0 Å². The van der Waals surface area contributed by atoms with E-state index in [4.69, 9.17) is 0 Å². The third-order valence-electron chi connectivity index (χ3n) is 1.62. The fourth-order valence-electron chi connectivity index (χ4n) is 1.13. The number of allylic oxidation sites excluding steroid dienone is 4. The van der Waals surface area contributed by atoms with Crippen molar-refractivity contribution in [1.29, 1.82) is 0 Å². The molecule has 0 aromatic carbocycles. The number of rotatable bonds is 1. The molecule has 2 heteroatoms. The van der Waals surface area contributed by atoms with E-state index in [2.05, 4.69) is 31.1 Å². The van der Waals surface area contributed by atoms with E-state index < -0.39 is 0 Å². The molecule has 0 aromatic rings. The first kappa shape index (κ1) is 6.79. The van der Waals surface area contributed by atoms with Gasteiger partial charge in [-0.3, -0.25) is 0 Å². The normalized spacial score (nSPS) is 20.8. The van der Waals surface area contributed by atoms with Crippen LogP contribution in [-0.4, -0.2) is 37.5 Å². The molecule has 0 aromatic heterocycles. The summed E-state index contributed by atoms with van der Waals surface area (Å²) < 4.78 is 2.98. The van der Waals surface area contributed by atoms with E-state index in [9.17, 15) is 0 Å². The minimum absolute atomic E-state index is 0.00805. The fourth-order valence-corrected chi connectivity index (χ4v) is 3.82. The van der Waals surface area contributed by atoms with E-state index >= 15 is 0 Å². The van der Waals surface area contributed by atoms with Gasteiger partial charge in [-0.25, -0.2) is 0 Å². The molecule has 2 heterocycles. The van der Waals surface area contributed by atoms with E-state index in [0.717, 1.165) is 6.32 Å². The van der Waals surface area contributed by atoms with Crippen molar-refractivity contribution in [2.45, 2.75) is 10.7 Å².